The van der Waals surface area contributed by atoms with E-state index in [4.69, 9.17) is 3.79 Å². The summed E-state index contributed by atoms with van der Waals surface area (Å²) in [4.78, 5) is 15.6. The molecule has 0 spiro atoms. The first kappa shape index (κ1) is 8.36. The molecule has 2 rings (SSSR count). The number of amides is 1. The van der Waals surface area contributed by atoms with Crippen molar-refractivity contribution in [3.8, 4) is 0 Å². The van der Waals surface area contributed by atoms with Crippen molar-refractivity contribution >= 4 is 22.7 Å². The van der Waals surface area contributed by atoms with Crippen LogP contribution >= 0.6 is 0 Å². The Kier molecular flexibility index (Phi) is 2.27. The molecule has 66 valence electrons. The average molecular weight is 184 g/mol. The lowest BCUT2D eigenvalue weighted by molar-refractivity contribution is 0.111. The molecule has 2 aliphatic heterocycles. The monoisotopic (exact) mass is 184 g/mol. The molecule has 2 unspecified atom stereocenters. The number of carbonyl (C=O) groups is 1. The van der Waals surface area contributed by atoms with Gasteiger partial charge in [-0.25, -0.2) is 4.79 Å². The topological polar surface area (TPSA) is 32.8 Å². The minimum atomic E-state index is -0.104. The standard InChI is InChI=1S/C7H12N2O2.Al.2H/c10-7(11)9-4-3-8-2-1-6(9)5-8;;;/h6H,1-5H2,(H,10,11);;;/q;+1;;/p-1. The normalized spacial score (nSPS) is 33.5. The molecule has 0 N–H and O–H groups in total. The lowest BCUT2D eigenvalue weighted by Gasteiger charge is -2.33. The van der Waals surface area contributed by atoms with Gasteiger partial charge in [-0.3, -0.25) is 4.90 Å². The van der Waals surface area contributed by atoms with Crippen molar-refractivity contribution in [3.63, 3.8) is 0 Å². The second-order valence-electron chi connectivity index (χ2n) is 3.41. The second-order valence-corrected chi connectivity index (χ2v) is 3.81. The molecule has 2 saturated heterocycles. The molecule has 12 heavy (non-hydrogen) atoms. The Labute approximate surface area is 80.2 Å². The van der Waals surface area contributed by atoms with Crippen LogP contribution < -0.4 is 0 Å². The highest BCUT2D eigenvalue weighted by atomic mass is 27.1. The Hall–Kier alpha value is -0.238. The van der Waals surface area contributed by atoms with Gasteiger partial charge in [-0.1, -0.05) is 0 Å². The van der Waals surface area contributed by atoms with Crippen LogP contribution in [-0.4, -0.2) is 64.7 Å². The maximum atomic E-state index is 11.3. The summed E-state index contributed by atoms with van der Waals surface area (Å²) in [6, 6.07) is 0.431. The largest absolute Gasteiger partial charge is 0.606 e. The van der Waals surface area contributed by atoms with Crippen LogP contribution in [0.25, 0.3) is 0 Å². The second kappa shape index (κ2) is 3.25. The third-order valence-corrected chi connectivity index (χ3v) is 3.10. The fraction of sp³-hybridized carbons (Fsp3) is 0.857. The van der Waals surface area contributed by atoms with Gasteiger partial charge in [0.05, 0.1) is 0 Å². The van der Waals surface area contributed by atoms with Crippen LogP contribution in [0.15, 0.2) is 0 Å². The summed E-state index contributed by atoms with van der Waals surface area (Å²) in [7, 11) is 0. The Bertz CT molecular complexity index is 200. The molecule has 0 saturated carbocycles. The Morgan fingerprint density at radius 3 is 3.00 bits per heavy atom. The Morgan fingerprint density at radius 2 is 2.25 bits per heavy atom. The van der Waals surface area contributed by atoms with E-state index in [9.17, 15) is 4.79 Å². The summed E-state index contributed by atoms with van der Waals surface area (Å²) < 4.78 is 4.85. The molecule has 0 radical (unpaired) electrons. The number of carbonyl (C=O) groups excluding carboxylic acids is 1. The molecule has 2 heterocycles. The maximum Gasteiger partial charge on any atom is 0.501 e. The predicted octanol–water partition coefficient (Wildman–Crippen LogP) is -0.939. The fourth-order valence-corrected chi connectivity index (χ4v) is 2.29. The zero-order valence-electron chi connectivity index (χ0n) is 7.32. The number of piperazine rings is 1. The number of hydrogen-bond donors (Lipinski definition) is 0. The van der Waals surface area contributed by atoms with Crippen LogP contribution in [0.3, 0.4) is 0 Å². The van der Waals surface area contributed by atoms with Crippen LogP contribution in [0.2, 0.25) is 0 Å². The van der Waals surface area contributed by atoms with Crippen LogP contribution in [0, 0.1) is 0 Å². The van der Waals surface area contributed by atoms with Gasteiger partial charge in [0.2, 0.25) is 0 Å². The SMILES string of the molecule is O=C([O][AlH2])N1CCN2CCC1C2. The van der Waals surface area contributed by atoms with Crippen molar-refractivity contribution < 1.29 is 8.58 Å². The van der Waals surface area contributed by atoms with Crippen LogP contribution in [0.4, 0.5) is 4.79 Å². The molecule has 0 aromatic rings. The van der Waals surface area contributed by atoms with Crippen molar-refractivity contribution in [2.24, 2.45) is 0 Å². The smallest absolute Gasteiger partial charge is 0.501 e. The summed E-state index contributed by atoms with van der Waals surface area (Å²) >= 11 is 0.509. The van der Waals surface area contributed by atoms with Gasteiger partial charge >= 0.3 is 22.7 Å². The van der Waals surface area contributed by atoms with Crippen molar-refractivity contribution in [1.29, 1.82) is 0 Å². The molecular weight excluding hydrogens is 171 g/mol. The summed E-state index contributed by atoms with van der Waals surface area (Å²) in [5.41, 5.74) is 0. The number of hydrogen-bond acceptors (Lipinski definition) is 3. The third-order valence-electron chi connectivity index (χ3n) is 2.75. The van der Waals surface area contributed by atoms with Gasteiger partial charge in [-0.2, -0.15) is 0 Å². The molecule has 2 atom stereocenters. The number of fused-ring (bicyclic) bond motifs is 2. The van der Waals surface area contributed by atoms with Gasteiger partial charge in [-0.05, 0) is 6.42 Å². The minimum absolute atomic E-state index is 0.104. The van der Waals surface area contributed by atoms with E-state index in [2.05, 4.69) is 4.90 Å². The fourth-order valence-electron chi connectivity index (χ4n) is 2.06. The quantitative estimate of drug-likeness (QED) is 0.455. The van der Waals surface area contributed by atoms with Crippen molar-refractivity contribution in [2.45, 2.75) is 12.5 Å². The third kappa shape index (κ3) is 1.33. The van der Waals surface area contributed by atoms with E-state index in [1.165, 1.54) is 0 Å². The van der Waals surface area contributed by atoms with Gasteiger partial charge in [0.25, 0.3) is 0 Å². The van der Waals surface area contributed by atoms with Gasteiger partial charge in [0, 0.05) is 32.2 Å². The first-order chi connectivity index (χ1) is 5.81. The van der Waals surface area contributed by atoms with Crippen molar-refractivity contribution in [3.05, 3.63) is 0 Å². The summed E-state index contributed by atoms with van der Waals surface area (Å²) in [6.07, 6.45) is 1.02. The van der Waals surface area contributed by atoms with Gasteiger partial charge in [0.1, 0.15) is 0 Å². The van der Waals surface area contributed by atoms with Crippen LogP contribution in [-0.2, 0) is 3.79 Å². The molecular formula is C7H13AlN2O2. The number of nitrogens with zero attached hydrogens (tertiary/aromatic N) is 2. The molecule has 5 heteroatoms. The number of rotatable bonds is 0. The molecule has 0 aromatic heterocycles. The summed E-state index contributed by atoms with van der Waals surface area (Å²) in [5, 5.41) is 0. The molecule has 2 fully saturated rings. The van der Waals surface area contributed by atoms with Crippen molar-refractivity contribution in [2.75, 3.05) is 26.2 Å². The van der Waals surface area contributed by atoms with E-state index in [1.54, 1.807) is 0 Å². The molecule has 0 aromatic carbocycles. The highest BCUT2D eigenvalue weighted by Crippen LogP contribution is 2.20. The Morgan fingerprint density at radius 1 is 1.42 bits per heavy atom. The first-order valence-electron chi connectivity index (χ1n) is 4.38. The minimum Gasteiger partial charge on any atom is -0.606 e. The lowest BCUT2D eigenvalue weighted by Crippen LogP contribution is -2.49. The molecule has 0 aliphatic carbocycles. The molecule has 1 amide bonds. The van der Waals surface area contributed by atoms with E-state index in [-0.39, 0.29) is 6.09 Å². The van der Waals surface area contributed by atoms with E-state index in [0.717, 1.165) is 32.6 Å². The zero-order chi connectivity index (χ0) is 8.55. The molecule has 4 nitrogen and oxygen atoms in total. The predicted molar refractivity (Wildman–Crippen MR) is 46.6 cm³/mol. The highest BCUT2D eigenvalue weighted by molar-refractivity contribution is 6.05. The van der Waals surface area contributed by atoms with E-state index in [1.807, 2.05) is 4.90 Å². The summed E-state index contributed by atoms with van der Waals surface area (Å²) in [5.74, 6) is 0. The molecule has 2 bridgehead atoms. The van der Waals surface area contributed by atoms with Crippen LogP contribution in [0.5, 0.6) is 0 Å². The highest BCUT2D eigenvalue weighted by Gasteiger charge is 2.34. The molecule has 2 aliphatic rings. The van der Waals surface area contributed by atoms with Gasteiger partial charge in [0.15, 0.2) is 0 Å². The van der Waals surface area contributed by atoms with E-state index in [0.29, 0.717) is 22.7 Å². The van der Waals surface area contributed by atoms with Crippen molar-refractivity contribution in [1.82, 2.24) is 9.80 Å². The summed E-state index contributed by atoms with van der Waals surface area (Å²) in [6.45, 7) is 4.07. The van der Waals surface area contributed by atoms with Crippen LogP contribution in [0.1, 0.15) is 6.42 Å². The lowest BCUT2D eigenvalue weighted by atomic mass is 10.2. The zero-order valence-corrected chi connectivity index (χ0v) is 9.32. The van der Waals surface area contributed by atoms with Gasteiger partial charge < -0.3 is 8.69 Å². The maximum absolute atomic E-state index is 11.3. The Balaban J connectivity index is 2.02. The first-order valence-corrected chi connectivity index (χ1v) is 5.20. The van der Waals surface area contributed by atoms with E-state index >= 15 is 0 Å². The average Bonchev–Trinajstić information content (AvgIpc) is 2.47. The van der Waals surface area contributed by atoms with Gasteiger partial charge in [-0.15, -0.1) is 0 Å². The van der Waals surface area contributed by atoms with E-state index < -0.39 is 0 Å².